The van der Waals surface area contributed by atoms with Crippen molar-refractivity contribution in [2.45, 2.75) is 47.8 Å². The van der Waals surface area contributed by atoms with E-state index in [0.717, 1.165) is 0 Å². The van der Waals surface area contributed by atoms with Crippen LogP contribution in [0.3, 0.4) is 0 Å². The zero-order valence-corrected chi connectivity index (χ0v) is 15.6. The SMILES string of the molecule is CO[Si](OC)(OC)C(F)(F)CC(F)(F)C(F)(F)C(F)(F)C(F)(F)C(F)(F)C(F)(F)F. The molecule has 0 rings (SSSR count). The van der Waals surface area contributed by atoms with Crippen LogP contribution in [0.5, 0.6) is 0 Å². The normalized spacial score (nSPS) is 16.2. The topological polar surface area (TPSA) is 27.7 Å². The Balaban J connectivity index is 6.45. The van der Waals surface area contributed by atoms with Crippen molar-refractivity contribution in [3.63, 3.8) is 0 Å². The molecule has 0 radical (unpaired) electrons. The monoisotopic (exact) mass is 504 g/mol. The minimum atomic E-state index is -8.18. The first kappa shape index (κ1) is 29.0. The van der Waals surface area contributed by atoms with Gasteiger partial charge in [-0.25, -0.2) is 8.78 Å². The van der Waals surface area contributed by atoms with Crippen LogP contribution in [-0.2, 0) is 13.3 Å². The summed E-state index contributed by atoms with van der Waals surface area (Å²) in [6.07, 6.45) is -11.4. The van der Waals surface area contributed by atoms with Crippen molar-refractivity contribution < 1.29 is 79.1 Å². The Morgan fingerprint density at radius 2 is 0.800 bits per heavy atom. The number of hydrogen-bond donors (Lipinski definition) is 0. The van der Waals surface area contributed by atoms with E-state index >= 15 is 0 Å². The number of alkyl halides is 15. The lowest BCUT2D eigenvalue weighted by molar-refractivity contribution is -0.441. The van der Waals surface area contributed by atoms with Gasteiger partial charge in [-0.2, -0.15) is 57.1 Å². The van der Waals surface area contributed by atoms with Gasteiger partial charge in [0, 0.05) is 21.3 Å². The van der Waals surface area contributed by atoms with E-state index in [9.17, 15) is 65.9 Å². The summed E-state index contributed by atoms with van der Waals surface area (Å²) in [5.41, 5.74) is -5.43. The molecular weight excluding hydrogens is 493 g/mol. The molecule has 182 valence electrons. The largest absolute Gasteiger partial charge is 0.574 e. The number of halogens is 15. The van der Waals surface area contributed by atoms with Crippen molar-refractivity contribution in [1.29, 1.82) is 0 Å². The maximum atomic E-state index is 14.0. The van der Waals surface area contributed by atoms with Crippen molar-refractivity contribution in [3.8, 4) is 0 Å². The lowest BCUT2D eigenvalue weighted by Gasteiger charge is -2.41. The molecular formula is C11H11F15O3Si. The van der Waals surface area contributed by atoms with Crippen molar-refractivity contribution in [2.75, 3.05) is 21.3 Å². The second-order valence-corrected chi connectivity index (χ2v) is 8.62. The molecule has 0 aliphatic rings. The van der Waals surface area contributed by atoms with Gasteiger partial charge in [-0.3, -0.25) is 0 Å². The van der Waals surface area contributed by atoms with E-state index in [1.54, 1.807) is 0 Å². The van der Waals surface area contributed by atoms with Crippen LogP contribution in [0, 0.1) is 0 Å². The van der Waals surface area contributed by atoms with Crippen molar-refractivity contribution in [2.24, 2.45) is 0 Å². The third kappa shape index (κ3) is 3.96. The Morgan fingerprint density at radius 3 is 1.07 bits per heavy atom. The van der Waals surface area contributed by atoms with Gasteiger partial charge in [0.15, 0.2) is 0 Å². The van der Waals surface area contributed by atoms with Crippen LogP contribution in [0.2, 0.25) is 0 Å². The van der Waals surface area contributed by atoms with Crippen LogP contribution in [0.15, 0.2) is 0 Å². The molecule has 3 nitrogen and oxygen atoms in total. The molecule has 0 unspecified atom stereocenters. The molecule has 0 saturated carbocycles. The van der Waals surface area contributed by atoms with Gasteiger partial charge in [-0.15, -0.1) is 0 Å². The predicted octanol–water partition coefficient (Wildman–Crippen LogP) is 5.17. The first-order valence-electron chi connectivity index (χ1n) is 6.88. The van der Waals surface area contributed by atoms with E-state index < -0.39 is 56.6 Å². The predicted molar refractivity (Wildman–Crippen MR) is 67.1 cm³/mol. The quantitative estimate of drug-likeness (QED) is 0.304. The molecule has 0 N–H and O–H groups in total. The molecule has 0 heterocycles. The maximum absolute atomic E-state index is 14.0. The van der Waals surface area contributed by atoms with Gasteiger partial charge in [0.25, 0.3) is 0 Å². The summed E-state index contributed by atoms with van der Waals surface area (Å²) in [7, 11) is -4.77. The molecule has 0 bridgehead atoms. The van der Waals surface area contributed by atoms with Crippen molar-refractivity contribution >= 4 is 8.80 Å². The molecule has 0 saturated heterocycles. The zero-order chi connectivity index (χ0) is 24.8. The third-order valence-electron chi connectivity index (χ3n) is 3.70. The van der Waals surface area contributed by atoms with E-state index in [0.29, 0.717) is 21.3 Å². The number of rotatable bonds is 10. The minimum absolute atomic E-state index is 0.316. The fourth-order valence-corrected chi connectivity index (χ4v) is 3.83. The highest BCUT2D eigenvalue weighted by atomic mass is 28.4. The highest BCUT2D eigenvalue weighted by Gasteiger charge is 2.91. The van der Waals surface area contributed by atoms with Gasteiger partial charge < -0.3 is 13.3 Å². The van der Waals surface area contributed by atoms with E-state index in [1.807, 2.05) is 0 Å². The third-order valence-corrected chi connectivity index (χ3v) is 6.38. The lowest BCUT2D eigenvalue weighted by Crippen LogP contribution is -2.71. The minimum Gasteiger partial charge on any atom is -0.373 e. The fourth-order valence-electron chi connectivity index (χ4n) is 2.00. The van der Waals surface area contributed by atoms with Gasteiger partial charge >= 0.3 is 50.1 Å². The summed E-state index contributed by atoms with van der Waals surface area (Å²) in [4.78, 5) is 0. The Bertz CT molecular complexity index is 591. The Labute approximate surface area is 158 Å². The van der Waals surface area contributed by atoms with Gasteiger partial charge in [-0.05, 0) is 0 Å². The summed E-state index contributed by atoms with van der Waals surface area (Å²) in [6, 6.07) is 0. The molecule has 19 heteroatoms. The highest BCUT2D eigenvalue weighted by molar-refractivity contribution is 6.63. The van der Waals surface area contributed by atoms with E-state index in [4.69, 9.17) is 0 Å². The average molecular weight is 504 g/mol. The van der Waals surface area contributed by atoms with Crippen LogP contribution in [-0.4, -0.2) is 71.5 Å². The Kier molecular flexibility index (Phi) is 7.62. The maximum Gasteiger partial charge on any atom is 0.574 e. The van der Waals surface area contributed by atoms with E-state index in [2.05, 4.69) is 13.3 Å². The van der Waals surface area contributed by atoms with Crippen LogP contribution in [0.4, 0.5) is 65.9 Å². The molecule has 0 aliphatic carbocycles. The summed E-state index contributed by atoms with van der Waals surface area (Å²) in [5, 5.41) is 0. The summed E-state index contributed by atoms with van der Waals surface area (Å²) in [6.45, 7) is 0. The number of hydrogen-bond acceptors (Lipinski definition) is 3. The fraction of sp³-hybridized carbons (Fsp3) is 1.00. The molecule has 0 amide bonds. The molecule has 0 spiro atoms. The molecule has 30 heavy (non-hydrogen) atoms. The standard InChI is InChI=1S/C11H11F15O3Si/c1-27-30(28-2,29-3)6(14,15)4-5(12,13)7(16,17)8(18,19)9(20,21)10(22,23)11(24,25)26/h4H2,1-3H3. The lowest BCUT2D eigenvalue weighted by atomic mass is 9.92. The zero-order valence-electron chi connectivity index (χ0n) is 14.6. The second kappa shape index (κ2) is 7.87. The average Bonchev–Trinajstić information content (AvgIpc) is 2.53. The van der Waals surface area contributed by atoms with Crippen LogP contribution in [0.1, 0.15) is 6.42 Å². The first-order chi connectivity index (χ1) is 12.9. The van der Waals surface area contributed by atoms with Gasteiger partial charge in [-0.1, -0.05) is 0 Å². The molecule has 0 atom stereocenters. The summed E-state index contributed by atoms with van der Waals surface area (Å²) >= 11 is 0. The van der Waals surface area contributed by atoms with Crippen LogP contribution in [0.25, 0.3) is 0 Å². The van der Waals surface area contributed by atoms with Crippen molar-refractivity contribution in [1.82, 2.24) is 0 Å². The van der Waals surface area contributed by atoms with E-state index in [-0.39, 0.29) is 0 Å². The Hall–Kier alpha value is -0.953. The smallest absolute Gasteiger partial charge is 0.373 e. The summed E-state index contributed by atoms with van der Waals surface area (Å²) in [5.74, 6) is -39.2. The van der Waals surface area contributed by atoms with Crippen LogP contribution < -0.4 is 0 Å². The van der Waals surface area contributed by atoms with Gasteiger partial charge in [0.1, 0.15) is 0 Å². The highest BCUT2D eigenvalue weighted by Crippen LogP contribution is 2.61. The molecule has 0 aromatic carbocycles. The first-order valence-corrected chi connectivity index (χ1v) is 8.60. The van der Waals surface area contributed by atoms with Crippen LogP contribution >= 0.6 is 0 Å². The molecule has 0 aliphatic heterocycles. The van der Waals surface area contributed by atoms with Gasteiger partial charge in [0.05, 0.1) is 6.42 Å². The second-order valence-electron chi connectivity index (χ2n) is 5.55. The van der Waals surface area contributed by atoms with E-state index in [1.165, 1.54) is 0 Å². The molecule has 0 aromatic heterocycles. The van der Waals surface area contributed by atoms with Crippen molar-refractivity contribution in [3.05, 3.63) is 0 Å². The molecule has 0 fully saturated rings. The van der Waals surface area contributed by atoms with Gasteiger partial charge in [0.2, 0.25) is 0 Å². The molecule has 0 aromatic rings. The Morgan fingerprint density at radius 1 is 0.500 bits per heavy atom. The summed E-state index contributed by atoms with van der Waals surface area (Å²) < 4.78 is 208.